The van der Waals surface area contributed by atoms with Crippen LogP contribution >= 0.6 is 15.9 Å². The lowest BCUT2D eigenvalue weighted by Gasteiger charge is -2.12. The predicted octanol–water partition coefficient (Wildman–Crippen LogP) is 3.10. The molecule has 2 aromatic rings. The number of hydrogen-bond donors (Lipinski definition) is 2. The molecule has 1 atom stereocenters. The third-order valence-corrected chi connectivity index (χ3v) is 3.47. The van der Waals surface area contributed by atoms with Crippen molar-refractivity contribution in [2.75, 3.05) is 5.32 Å². The van der Waals surface area contributed by atoms with Gasteiger partial charge in [0.1, 0.15) is 5.82 Å². The van der Waals surface area contributed by atoms with Gasteiger partial charge in [0.15, 0.2) is 0 Å². The molecule has 0 saturated carbocycles. The van der Waals surface area contributed by atoms with E-state index in [1.165, 1.54) is 12.1 Å². The number of amides is 1. The number of anilines is 1. The van der Waals surface area contributed by atoms with Gasteiger partial charge < -0.3 is 11.1 Å². The summed E-state index contributed by atoms with van der Waals surface area (Å²) in [5.41, 5.74) is 7.22. The van der Waals surface area contributed by atoms with Crippen LogP contribution in [0.5, 0.6) is 0 Å². The maximum absolute atomic E-state index is 13.3. The van der Waals surface area contributed by atoms with Crippen molar-refractivity contribution in [2.45, 2.75) is 12.5 Å². The molecule has 0 bridgehead atoms. The molecule has 104 valence electrons. The first-order chi connectivity index (χ1) is 9.56. The highest BCUT2D eigenvalue weighted by atomic mass is 79.9. The molecule has 3 N–H and O–H groups in total. The van der Waals surface area contributed by atoms with E-state index in [4.69, 9.17) is 5.73 Å². The summed E-state index contributed by atoms with van der Waals surface area (Å²) >= 11 is 3.06. The van der Waals surface area contributed by atoms with Gasteiger partial charge in [0.25, 0.3) is 0 Å². The maximum atomic E-state index is 13.3. The minimum atomic E-state index is -0.677. The van der Waals surface area contributed by atoms with E-state index >= 15 is 0 Å². The third-order valence-electron chi connectivity index (χ3n) is 2.82. The minimum absolute atomic E-state index is 0.337. The highest BCUT2D eigenvalue weighted by molar-refractivity contribution is 9.10. The predicted molar refractivity (Wildman–Crippen MR) is 80.9 cm³/mol. The SMILES string of the molecule is NC(Cc1ccccc1)C(=O)Nc1ccc(Br)c(F)c1. The molecule has 0 radical (unpaired) electrons. The molecule has 2 rings (SSSR count). The Labute approximate surface area is 125 Å². The number of nitrogens with one attached hydrogen (secondary N) is 1. The second-order valence-electron chi connectivity index (χ2n) is 4.41. The molecular weight excluding hydrogens is 323 g/mol. The van der Waals surface area contributed by atoms with Crippen molar-refractivity contribution in [3.63, 3.8) is 0 Å². The van der Waals surface area contributed by atoms with Gasteiger partial charge in [-0.3, -0.25) is 4.79 Å². The molecule has 1 amide bonds. The Morgan fingerprint density at radius 3 is 2.60 bits per heavy atom. The Bertz CT molecular complexity index is 604. The quantitative estimate of drug-likeness (QED) is 0.901. The summed E-state index contributed by atoms with van der Waals surface area (Å²) in [4.78, 5) is 11.9. The second kappa shape index (κ2) is 6.63. The van der Waals surface area contributed by atoms with Gasteiger partial charge in [-0.05, 0) is 46.1 Å². The van der Waals surface area contributed by atoms with E-state index in [2.05, 4.69) is 21.2 Å². The molecule has 1 unspecified atom stereocenters. The van der Waals surface area contributed by atoms with Crippen LogP contribution < -0.4 is 11.1 Å². The zero-order valence-electron chi connectivity index (χ0n) is 10.6. The molecular formula is C15H14BrFN2O. The normalized spacial score (nSPS) is 11.9. The number of rotatable bonds is 4. The molecule has 0 aliphatic carbocycles. The van der Waals surface area contributed by atoms with E-state index in [-0.39, 0.29) is 5.91 Å². The van der Waals surface area contributed by atoms with Crippen molar-refractivity contribution < 1.29 is 9.18 Å². The fourth-order valence-electron chi connectivity index (χ4n) is 1.77. The topological polar surface area (TPSA) is 55.1 Å². The van der Waals surface area contributed by atoms with Crippen LogP contribution in [0.15, 0.2) is 53.0 Å². The molecule has 0 aliphatic heterocycles. The van der Waals surface area contributed by atoms with Gasteiger partial charge in [0.05, 0.1) is 10.5 Å². The van der Waals surface area contributed by atoms with Gasteiger partial charge in [0.2, 0.25) is 5.91 Å². The molecule has 0 fully saturated rings. The monoisotopic (exact) mass is 336 g/mol. The van der Waals surface area contributed by atoms with E-state index in [1.54, 1.807) is 6.07 Å². The van der Waals surface area contributed by atoms with Crippen molar-refractivity contribution in [2.24, 2.45) is 5.73 Å². The lowest BCUT2D eigenvalue weighted by Crippen LogP contribution is -2.37. The van der Waals surface area contributed by atoms with Crippen molar-refractivity contribution in [3.05, 3.63) is 64.4 Å². The summed E-state index contributed by atoms with van der Waals surface area (Å²) in [6.45, 7) is 0. The van der Waals surface area contributed by atoms with E-state index < -0.39 is 11.9 Å². The van der Waals surface area contributed by atoms with Gasteiger partial charge in [-0.15, -0.1) is 0 Å². The van der Waals surface area contributed by atoms with E-state index in [1.807, 2.05) is 30.3 Å². The van der Waals surface area contributed by atoms with Gasteiger partial charge in [0, 0.05) is 5.69 Å². The van der Waals surface area contributed by atoms with Crippen LogP contribution in [0.25, 0.3) is 0 Å². The van der Waals surface area contributed by atoms with Gasteiger partial charge in [-0.25, -0.2) is 4.39 Å². The average molecular weight is 337 g/mol. The molecule has 20 heavy (non-hydrogen) atoms. The zero-order valence-corrected chi connectivity index (χ0v) is 12.2. The highest BCUT2D eigenvalue weighted by Gasteiger charge is 2.14. The molecule has 0 aliphatic rings. The Balaban J connectivity index is 1.99. The van der Waals surface area contributed by atoms with Crippen LogP contribution in [0.3, 0.4) is 0 Å². The van der Waals surface area contributed by atoms with Crippen LogP contribution in [0.1, 0.15) is 5.56 Å². The molecule has 5 heteroatoms. The largest absolute Gasteiger partial charge is 0.325 e. The lowest BCUT2D eigenvalue weighted by molar-refractivity contribution is -0.117. The Morgan fingerprint density at radius 1 is 1.25 bits per heavy atom. The van der Waals surface area contributed by atoms with E-state index in [9.17, 15) is 9.18 Å². The highest BCUT2D eigenvalue weighted by Crippen LogP contribution is 2.19. The van der Waals surface area contributed by atoms with Crippen LogP contribution in [-0.4, -0.2) is 11.9 Å². The van der Waals surface area contributed by atoms with Crippen molar-refractivity contribution in [3.8, 4) is 0 Å². The van der Waals surface area contributed by atoms with Gasteiger partial charge in [-0.2, -0.15) is 0 Å². The van der Waals surface area contributed by atoms with Crippen LogP contribution in [0.4, 0.5) is 10.1 Å². The van der Waals surface area contributed by atoms with Gasteiger partial charge in [-0.1, -0.05) is 30.3 Å². The molecule has 3 nitrogen and oxygen atoms in total. The number of carbonyl (C=O) groups is 1. The average Bonchev–Trinajstić information content (AvgIpc) is 2.44. The van der Waals surface area contributed by atoms with Crippen molar-refractivity contribution >= 4 is 27.5 Å². The lowest BCUT2D eigenvalue weighted by atomic mass is 10.1. The summed E-state index contributed by atoms with van der Waals surface area (Å²) in [6.07, 6.45) is 0.436. The smallest absolute Gasteiger partial charge is 0.241 e. The first-order valence-corrected chi connectivity index (χ1v) is 6.91. The van der Waals surface area contributed by atoms with E-state index in [0.717, 1.165) is 5.56 Å². The van der Waals surface area contributed by atoms with Crippen molar-refractivity contribution in [1.29, 1.82) is 0 Å². The fraction of sp³-hybridized carbons (Fsp3) is 0.133. The Hall–Kier alpha value is -1.72. The number of benzene rings is 2. The van der Waals surface area contributed by atoms with E-state index in [0.29, 0.717) is 16.6 Å². The fourth-order valence-corrected chi connectivity index (χ4v) is 2.02. The van der Waals surface area contributed by atoms with Crippen LogP contribution in [0.2, 0.25) is 0 Å². The Kier molecular flexibility index (Phi) is 4.87. The molecule has 2 aromatic carbocycles. The van der Waals surface area contributed by atoms with Crippen molar-refractivity contribution in [1.82, 2.24) is 0 Å². The zero-order chi connectivity index (χ0) is 14.5. The van der Waals surface area contributed by atoms with Gasteiger partial charge >= 0.3 is 0 Å². The Morgan fingerprint density at radius 2 is 1.95 bits per heavy atom. The third kappa shape index (κ3) is 3.88. The summed E-state index contributed by atoms with van der Waals surface area (Å²) < 4.78 is 13.7. The standard InChI is InChI=1S/C15H14BrFN2O/c16-12-7-6-11(9-13(12)17)19-15(20)14(18)8-10-4-2-1-3-5-10/h1-7,9,14H,8,18H2,(H,19,20). The summed E-state index contributed by atoms with van der Waals surface area (Å²) in [5, 5.41) is 2.61. The summed E-state index contributed by atoms with van der Waals surface area (Å²) in [5.74, 6) is -0.769. The minimum Gasteiger partial charge on any atom is -0.325 e. The first-order valence-electron chi connectivity index (χ1n) is 6.11. The molecule has 0 aromatic heterocycles. The number of carbonyl (C=O) groups excluding carboxylic acids is 1. The molecule has 0 spiro atoms. The van der Waals surface area contributed by atoms with Crippen LogP contribution in [0, 0.1) is 5.82 Å². The second-order valence-corrected chi connectivity index (χ2v) is 5.27. The number of hydrogen-bond acceptors (Lipinski definition) is 2. The summed E-state index contributed by atoms with van der Waals surface area (Å²) in [6, 6.07) is 13.2. The molecule has 0 heterocycles. The molecule has 0 saturated heterocycles. The maximum Gasteiger partial charge on any atom is 0.241 e. The number of halogens is 2. The number of nitrogens with two attached hydrogens (primary N) is 1. The summed E-state index contributed by atoms with van der Waals surface area (Å²) in [7, 11) is 0. The van der Waals surface area contributed by atoms with Crippen LogP contribution in [-0.2, 0) is 11.2 Å². The first kappa shape index (κ1) is 14.7.